The van der Waals surface area contributed by atoms with Gasteiger partial charge < -0.3 is 14.8 Å². The fourth-order valence-electron chi connectivity index (χ4n) is 1.63. The van der Waals surface area contributed by atoms with Gasteiger partial charge in [-0.05, 0) is 44.4 Å². The lowest BCUT2D eigenvalue weighted by atomic mass is 9.92. The molecular formula is C43H95N3O7S. The van der Waals surface area contributed by atoms with Gasteiger partial charge >= 0.3 is 5.97 Å². The number of nitrogens with one attached hydrogen (secondary N) is 2. The summed E-state index contributed by atoms with van der Waals surface area (Å²) in [4.78, 5) is 43.5. The van der Waals surface area contributed by atoms with Crippen LogP contribution in [-0.4, -0.2) is 66.8 Å². The molecule has 0 aromatic heterocycles. The lowest BCUT2D eigenvalue weighted by Crippen LogP contribution is -2.39. The van der Waals surface area contributed by atoms with Crippen LogP contribution in [0.1, 0.15) is 181 Å². The Kier molecular flexibility index (Phi) is 44.1. The summed E-state index contributed by atoms with van der Waals surface area (Å²) < 4.78 is 23.2. The summed E-state index contributed by atoms with van der Waals surface area (Å²) in [6.45, 7) is 42.1. The number of methoxy groups -OCH3 is 2. The molecule has 54 heavy (non-hydrogen) atoms. The van der Waals surface area contributed by atoms with Crippen molar-refractivity contribution < 1.29 is 32.9 Å². The standard InChI is InChI=1S/C8H14N2O.C8H17NO2S.C6H12O2.C6H14O.C6H12O.C6H14.3CH4/c1-8(2,3)7(11)10-6-4-5-9;1-6-12(5,11)9-7(10)8(2,3)4;1-6(2,3)5(7)8-4;1-6(2,3)5-7-4;1-5(7)6(2,3)4;1-5-6(2,3)4;;;/h4,6H2,1-3H3,(H,10,11);5-6H2,1-4H3,(H,9,10,11);1-4H3;5H2,1-4H3;1-4H3;5H2,1-4H3;3*1H4. The molecular weight excluding hydrogens is 703 g/mol. The number of hydrogen-bond donors (Lipinski definition) is 2. The van der Waals surface area contributed by atoms with Crippen LogP contribution in [0, 0.1) is 43.8 Å². The summed E-state index contributed by atoms with van der Waals surface area (Å²) in [6, 6.07) is 1.96. The molecule has 330 valence electrons. The van der Waals surface area contributed by atoms with E-state index in [0.717, 1.165) is 6.61 Å². The maximum Gasteiger partial charge on any atom is 0.310 e. The maximum atomic E-state index is 11.4. The summed E-state index contributed by atoms with van der Waals surface area (Å²) in [7, 11) is 0.722. The SMILES string of the molecule is C.C.C.C=S(=O)(CC)NC(=O)C(C)(C)C.CC(=O)C(C)(C)C.CC(C)(C)C(=O)NCCC#N.CCC(C)(C)C.COC(=O)C(C)(C)C.COCC(C)(C)C. The van der Waals surface area contributed by atoms with Gasteiger partial charge in [-0.15, -0.1) is 0 Å². The molecule has 0 saturated heterocycles. The molecule has 0 rings (SSSR count). The Hall–Kier alpha value is -2.45. The molecule has 0 spiro atoms. The van der Waals surface area contributed by atoms with Gasteiger partial charge in [-0.1, -0.05) is 146 Å². The molecule has 0 bridgehead atoms. The van der Waals surface area contributed by atoms with Gasteiger partial charge in [0.2, 0.25) is 11.8 Å². The predicted molar refractivity (Wildman–Crippen MR) is 239 cm³/mol. The quantitative estimate of drug-likeness (QED) is 0.158. The van der Waals surface area contributed by atoms with E-state index in [1.54, 1.807) is 41.7 Å². The van der Waals surface area contributed by atoms with E-state index in [9.17, 15) is 23.4 Å². The lowest BCUT2D eigenvalue weighted by Gasteiger charge is -2.19. The third kappa shape index (κ3) is 61.6. The average molecular weight is 798 g/mol. The molecule has 0 fully saturated rings. The minimum absolute atomic E-state index is 0. The van der Waals surface area contributed by atoms with Gasteiger partial charge in [0.05, 0.1) is 31.6 Å². The third-order valence-electron chi connectivity index (χ3n) is 6.12. The van der Waals surface area contributed by atoms with Crippen molar-refractivity contribution in [3.63, 3.8) is 0 Å². The molecule has 0 aliphatic heterocycles. The summed E-state index contributed by atoms with van der Waals surface area (Å²) in [5, 5.41) is 10.8. The molecule has 1 atom stereocenters. The number of nitriles is 1. The molecule has 1 unspecified atom stereocenters. The van der Waals surface area contributed by atoms with Gasteiger partial charge in [0, 0.05) is 45.4 Å². The monoisotopic (exact) mass is 798 g/mol. The molecule has 11 heteroatoms. The summed E-state index contributed by atoms with van der Waals surface area (Å²) in [5.41, 5.74) is -0.478. The van der Waals surface area contributed by atoms with Crippen molar-refractivity contribution in [3.05, 3.63) is 0 Å². The van der Waals surface area contributed by atoms with Gasteiger partial charge in [0.1, 0.15) is 5.78 Å². The highest BCUT2D eigenvalue weighted by atomic mass is 32.2. The molecule has 10 nitrogen and oxygen atoms in total. The smallest absolute Gasteiger partial charge is 0.310 e. The van der Waals surface area contributed by atoms with Gasteiger partial charge in [0.15, 0.2) is 0 Å². The number of carbonyl (C=O) groups is 4. The number of carbonyl (C=O) groups excluding carboxylic acids is 4. The highest BCUT2D eigenvalue weighted by molar-refractivity contribution is 7.98. The van der Waals surface area contributed by atoms with E-state index in [0.29, 0.717) is 29.5 Å². The van der Waals surface area contributed by atoms with Crippen molar-refractivity contribution in [1.82, 2.24) is 10.0 Å². The predicted octanol–water partition coefficient (Wildman–Crippen LogP) is 10.7. The number of ketones is 1. The lowest BCUT2D eigenvalue weighted by molar-refractivity contribution is -0.149. The van der Waals surface area contributed by atoms with E-state index in [2.05, 4.69) is 69.1 Å². The van der Waals surface area contributed by atoms with Crippen molar-refractivity contribution in [1.29, 1.82) is 5.26 Å². The molecule has 0 aliphatic carbocycles. The molecule has 0 aliphatic rings. The maximum absolute atomic E-state index is 11.4. The van der Waals surface area contributed by atoms with Crippen molar-refractivity contribution in [2.45, 2.75) is 181 Å². The Morgan fingerprint density at radius 1 is 0.667 bits per heavy atom. The first kappa shape index (κ1) is 72.8. The Labute approximate surface area is 338 Å². The van der Waals surface area contributed by atoms with Gasteiger partial charge in [-0.25, -0.2) is 4.21 Å². The second-order valence-corrected chi connectivity index (χ2v) is 21.1. The molecule has 0 radical (unpaired) electrons. The zero-order valence-corrected chi connectivity index (χ0v) is 38.3. The van der Waals surface area contributed by atoms with Gasteiger partial charge in [-0.3, -0.25) is 23.9 Å². The van der Waals surface area contributed by atoms with Crippen molar-refractivity contribution in [3.8, 4) is 6.07 Å². The molecule has 2 amide bonds. The molecule has 2 N–H and O–H groups in total. The Bertz CT molecular complexity index is 1110. The van der Waals surface area contributed by atoms with Crippen LogP contribution in [0.2, 0.25) is 0 Å². The van der Waals surface area contributed by atoms with Gasteiger partial charge in [-0.2, -0.15) is 5.26 Å². The summed E-state index contributed by atoms with van der Waals surface area (Å²) >= 11 is 0. The highest BCUT2D eigenvalue weighted by Gasteiger charge is 2.23. The highest BCUT2D eigenvalue weighted by Crippen LogP contribution is 2.17. The van der Waals surface area contributed by atoms with Gasteiger partial charge in [0.25, 0.3) is 0 Å². The number of rotatable bonds is 5. The van der Waals surface area contributed by atoms with Crippen LogP contribution in [0.5, 0.6) is 0 Å². The molecule has 0 aromatic rings. The Morgan fingerprint density at radius 2 is 1.00 bits per heavy atom. The zero-order chi connectivity index (χ0) is 42.9. The summed E-state index contributed by atoms with van der Waals surface area (Å²) in [6.07, 6.45) is 1.65. The average Bonchev–Trinajstić information content (AvgIpc) is 2.91. The topological polar surface area (TPSA) is 152 Å². The first-order valence-electron chi connectivity index (χ1n) is 17.6. The second kappa shape index (κ2) is 32.8. The normalized spacial score (nSPS) is 11.8. The van der Waals surface area contributed by atoms with E-state index >= 15 is 0 Å². The number of nitrogens with zero attached hydrogens (tertiary/aromatic N) is 1. The second-order valence-electron chi connectivity index (χ2n) is 18.7. The molecule has 0 aromatic carbocycles. The number of Topliss-reactive ketones (excluding diaryl/α,β-unsaturated/α-hetero) is 1. The fourth-order valence-corrected chi connectivity index (χ4v) is 2.42. The largest absolute Gasteiger partial charge is 0.469 e. The number of amides is 2. The third-order valence-corrected chi connectivity index (χ3v) is 7.61. The zero-order valence-electron chi connectivity index (χ0n) is 37.5. The van der Waals surface area contributed by atoms with Crippen molar-refractivity contribution in [2.75, 3.05) is 33.1 Å². The minimum atomic E-state index is -2.40. The molecule has 0 heterocycles. The number of esters is 1. The van der Waals surface area contributed by atoms with E-state index in [1.165, 1.54) is 13.5 Å². The minimum Gasteiger partial charge on any atom is -0.469 e. The van der Waals surface area contributed by atoms with E-state index in [1.807, 2.05) is 68.4 Å². The van der Waals surface area contributed by atoms with Crippen LogP contribution >= 0.6 is 0 Å². The first-order valence-corrected chi connectivity index (χ1v) is 19.5. The van der Waals surface area contributed by atoms with Crippen LogP contribution in [0.4, 0.5) is 0 Å². The van der Waals surface area contributed by atoms with Crippen molar-refractivity contribution >= 4 is 39.1 Å². The van der Waals surface area contributed by atoms with E-state index in [4.69, 9.17) is 10.00 Å². The Balaban J connectivity index is -0.0000000647. The van der Waals surface area contributed by atoms with Crippen LogP contribution in [0.15, 0.2) is 0 Å². The number of ether oxygens (including phenoxy) is 2. The van der Waals surface area contributed by atoms with Crippen LogP contribution in [0.25, 0.3) is 0 Å². The van der Waals surface area contributed by atoms with E-state index < -0.39 is 15.1 Å². The van der Waals surface area contributed by atoms with E-state index in [-0.39, 0.29) is 62.1 Å². The van der Waals surface area contributed by atoms with Crippen LogP contribution < -0.4 is 10.0 Å². The Morgan fingerprint density at radius 3 is 1.13 bits per heavy atom. The van der Waals surface area contributed by atoms with Crippen molar-refractivity contribution in [2.24, 2.45) is 32.5 Å². The summed E-state index contributed by atoms with van der Waals surface area (Å²) in [5.74, 6) is 3.66. The first-order chi connectivity index (χ1) is 22.2. The number of hydrogen-bond acceptors (Lipinski definition) is 8. The van der Waals surface area contributed by atoms with Crippen LogP contribution in [-0.2, 0) is 38.4 Å². The molecule has 0 saturated carbocycles. The fraction of sp³-hybridized carbons (Fsp3) is 0.860. The van der Waals surface area contributed by atoms with Crippen LogP contribution in [0.3, 0.4) is 0 Å².